The summed E-state index contributed by atoms with van der Waals surface area (Å²) < 4.78 is 4.95. The van der Waals surface area contributed by atoms with E-state index >= 15 is 0 Å². The van der Waals surface area contributed by atoms with Crippen molar-refractivity contribution in [3.8, 4) is 5.88 Å². The van der Waals surface area contributed by atoms with E-state index in [0.717, 1.165) is 5.56 Å². The molecule has 1 heterocycles. The lowest BCUT2D eigenvalue weighted by molar-refractivity contribution is 0.102. The highest BCUT2D eigenvalue weighted by Crippen LogP contribution is 2.18. The van der Waals surface area contributed by atoms with Crippen molar-refractivity contribution in [2.45, 2.75) is 6.92 Å². The summed E-state index contributed by atoms with van der Waals surface area (Å²) in [5.41, 5.74) is 8.29. The van der Waals surface area contributed by atoms with Crippen LogP contribution in [-0.2, 0) is 0 Å². The Morgan fingerprint density at radius 1 is 1.32 bits per heavy atom. The van der Waals surface area contributed by atoms with Gasteiger partial charge in [-0.1, -0.05) is 12.1 Å². The fraction of sp³-hybridized carbons (Fsp3) is 0.143. The molecule has 0 aliphatic rings. The second kappa shape index (κ2) is 5.39. The summed E-state index contributed by atoms with van der Waals surface area (Å²) in [6.07, 6.45) is 1.53. The average Bonchev–Trinajstić information content (AvgIpc) is 2.42. The standard InChI is InChI=1S/C14H15N3O2/c1-9-4-3-5-11(13(9)15)14(18)17-10-6-7-12(19-2)16-8-10/h3-8H,15H2,1-2H3,(H,17,18). The van der Waals surface area contributed by atoms with E-state index in [0.29, 0.717) is 22.8 Å². The molecule has 5 heteroatoms. The predicted molar refractivity (Wildman–Crippen MR) is 74.3 cm³/mol. The second-order valence-electron chi connectivity index (χ2n) is 4.08. The van der Waals surface area contributed by atoms with E-state index in [1.165, 1.54) is 13.3 Å². The first-order valence-electron chi connectivity index (χ1n) is 5.78. The molecule has 0 fully saturated rings. The van der Waals surface area contributed by atoms with Gasteiger partial charge in [-0.2, -0.15) is 0 Å². The number of aryl methyl sites for hydroxylation is 1. The number of hydrogen-bond donors (Lipinski definition) is 2. The van der Waals surface area contributed by atoms with Crippen LogP contribution in [0.1, 0.15) is 15.9 Å². The van der Waals surface area contributed by atoms with Crippen LogP contribution < -0.4 is 15.8 Å². The smallest absolute Gasteiger partial charge is 0.257 e. The Morgan fingerprint density at radius 2 is 2.11 bits per heavy atom. The van der Waals surface area contributed by atoms with Crippen LogP contribution in [0.15, 0.2) is 36.5 Å². The minimum atomic E-state index is -0.256. The maximum absolute atomic E-state index is 12.1. The Kier molecular flexibility index (Phi) is 3.66. The molecule has 5 nitrogen and oxygen atoms in total. The van der Waals surface area contributed by atoms with Crippen LogP contribution in [0.4, 0.5) is 11.4 Å². The van der Waals surface area contributed by atoms with Crippen molar-refractivity contribution in [3.05, 3.63) is 47.7 Å². The number of hydrogen-bond acceptors (Lipinski definition) is 4. The fourth-order valence-electron chi connectivity index (χ4n) is 1.65. The van der Waals surface area contributed by atoms with E-state index < -0.39 is 0 Å². The number of carbonyl (C=O) groups excluding carboxylic acids is 1. The number of amides is 1. The molecule has 19 heavy (non-hydrogen) atoms. The monoisotopic (exact) mass is 257 g/mol. The van der Waals surface area contributed by atoms with Crippen molar-refractivity contribution in [2.24, 2.45) is 0 Å². The van der Waals surface area contributed by atoms with Gasteiger partial charge < -0.3 is 15.8 Å². The van der Waals surface area contributed by atoms with Gasteiger partial charge in [0, 0.05) is 11.8 Å². The molecule has 0 unspecified atom stereocenters. The van der Waals surface area contributed by atoms with E-state index in [-0.39, 0.29) is 5.91 Å². The Hall–Kier alpha value is -2.56. The lowest BCUT2D eigenvalue weighted by Crippen LogP contribution is -2.14. The molecule has 0 aliphatic carbocycles. The molecular formula is C14H15N3O2. The van der Waals surface area contributed by atoms with E-state index in [9.17, 15) is 4.79 Å². The normalized spacial score (nSPS) is 10.0. The number of rotatable bonds is 3. The van der Waals surface area contributed by atoms with Gasteiger partial charge in [0.05, 0.1) is 24.6 Å². The summed E-state index contributed by atoms with van der Waals surface area (Å²) >= 11 is 0. The van der Waals surface area contributed by atoms with Crippen molar-refractivity contribution in [3.63, 3.8) is 0 Å². The molecule has 1 aromatic heterocycles. The number of carbonyl (C=O) groups is 1. The van der Waals surface area contributed by atoms with E-state index in [1.54, 1.807) is 24.3 Å². The van der Waals surface area contributed by atoms with E-state index in [4.69, 9.17) is 10.5 Å². The molecule has 0 saturated carbocycles. The number of aromatic nitrogens is 1. The number of benzene rings is 1. The molecule has 3 N–H and O–H groups in total. The highest BCUT2D eigenvalue weighted by Gasteiger charge is 2.11. The van der Waals surface area contributed by atoms with Crippen LogP contribution >= 0.6 is 0 Å². The van der Waals surface area contributed by atoms with Gasteiger partial charge in [0.25, 0.3) is 5.91 Å². The van der Waals surface area contributed by atoms with E-state index in [2.05, 4.69) is 10.3 Å². The quantitative estimate of drug-likeness (QED) is 0.827. The molecule has 2 rings (SSSR count). The number of nitrogens with one attached hydrogen (secondary N) is 1. The third-order valence-corrected chi connectivity index (χ3v) is 2.77. The second-order valence-corrected chi connectivity index (χ2v) is 4.08. The Balaban J connectivity index is 2.18. The number of para-hydroxylation sites is 1. The highest BCUT2D eigenvalue weighted by molar-refractivity contribution is 6.08. The average molecular weight is 257 g/mol. The zero-order valence-corrected chi connectivity index (χ0v) is 10.8. The largest absolute Gasteiger partial charge is 0.481 e. The van der Waals surface area contributed by atoms with Gasteiger partial charge in [0.1, 0.15) is 0 Å². The number of methoxy groups -OCH3 is 1. The molecule has 0 spiro atoms. The summed E-state index contributed by atoms with van der Waals surface area (Å²) in [6.45, 7) is 1.86. The van der Waals surface area contributed by atoms with Crippen molar-refractivity contribution >= 4 is 17.3 Å². The molecule has 0 atom stereocenters. The van der Waals surface area contributed by atoms with Crippen LogP contribution in [0.25, 0.3) is 0 Å². The Labute approximate surface area is 111 Å². The van der Waals surface area contributed by atoms with Gasteiger partial charge in [0.15, 0.2) is 0 Å². The predicted octanol–water partition coefficient (Wildman–Crippen LogP) is 2.23. The zero-order chi connectivity index (χ0) is 13.8. The van der Waals surface area contributed by atoms with Crippen LogP contribution in [0, 0.1) is 6.92 Å². The van der Waals surface area contributed by atoms with Gasteiger partial charge in [-0.05, 0) is 24.6 Å². The van der Waals surface area contributed by atoms with Crippen molar-refractivity contribution in [1.82, 2.24) is 4.98 Å². The third kappa shape index (κ3) is 2.82. The molecule has 2 aromatic rings. The number of nitrogen functional groups attached to an aromatic ring is 1. The number of nitrogens with zero attached hydrogens (tertiary/aromatic N) is 1. The summed E-state index contributed by atoms with van der Waals surface area (Å²) in [6, 6.07) is 8.74. The summed E-state index contributed by atoms with van der Waals surface area (Å²) in [5, 5.41) is 2.74. The minimum Gasteiger partial charge on any atom is -0.481 e. The van der Waals surface area contributed by atoms with Gasteiger partial charge in [-0.15, -0.1) is 0 Å². The number of ether oxygens (including phenoxy) is 1. The van der Waals surface area contributed by atoms with Gasteiger partial charge in [-0.3, -0.25) is 4.79 Å². The number of pyridine rings is 1. The van der Waals surface area contributed by atoms with Crippen molar-refractivity contribution in [1.29, 1.82) is 0 Å². The minimum absolute atomic E-state index is 0.256. The summed E-state index contributed by atoms with van der Waals surface area (Å²) in [7, 11) is 1.54. The number of nitrogens with two attached hydrogens (primary N) is 1. The maximum Gasteiger partial charge on any atom is 0.257 e. The Bertz CT molecular complexity index is 594. The molecule has 98 valence electrons. The van der Waals surface area contributed by atoms with Gasteiger partial charge >= 0.3 is 0 Å². The topological polar surface area (TPSA) is 77.2 Å². The zero-order valence-electron chi connectivity index (χ0n) is 10.8. The van der Waals surface area contributed by atoms with Crippen LogP contribution in [-0.4, -0.2) is 18.0 Å². The molecule has 0 saturated heterocycles. The summed E-state index contributed by atoms with van der Waals surface area (Å²) in [4.78, 5) is 16.1. The number of anilines is 2. The Morgan fingerprint density at radius 3 is 2.74 bits per heavy atom. The molecular weight excluding hydrogens is 242 g/mol. The van der Waals surface area contributed by atoms with E-state index in [1.807, 2.05) is 13.0 Å². The van der Waals surface area contributed by atoms with Gasteiger partial charge in [0.2, 0.25) is 5.88 Å². The molecule has 0 bridgehead atoms. The van der Waals surface area contributed by atoms with Crippen molar-refractivity contribution in [2.75, 3.05) is 18.2 Å². The fourth-order valence-corrected chi connectivity index (χ4v) is 1.65. The van der Waals surface area contributed by atoms with Gasteiger partial charge in [-0.25, -0.2) is 4.98 Å². The SMILES string of the molecule is COc1ccc(NC(=O)c2cccc(C)c2N)cn1. The lowest BCUT2D eigenvalue weighted by Gasteiger charge is -2.09. The first-order chi connectivity index (χ1) is 9.11. The molecule has 1 aromatic carbocycles. The first-order valence-corrected chi connectivity index (χ1v) is 5.78. The van der Waals surface area contributed by atoms with Crippen LogP contribution in [0.5, 0.6) is 5.88 Å². The summed E-state index contributed by atoms with van der Waals surface area (Å²) in [5.74, 6) is 0.237. The highest BCUT2D eigenvalue weighted by atomic mass is 16.5. The van der Waals surface area contributed by atoms with Crippen molar-refractivity contribution < 1.29 is 9.53 Å². The first kappa shape index (κ1) is 12.9. The third-order valence-electron chi connectivity index (χ3n) is 2.77. The van der Waals surface area contributed by atoms with Crippen LogP contribution in [0.2, 0.25) is 0 Å². The maximum atomic E-state index is 12.1. The molecule has 0 radical (unpaired) electrons. The molecule has 1 amide bonds. The lowest BCUT2D eigenvalue weighted by atomic mass is 10.1. The van der Waals surface area contributed by atoms with Crippen LogP contribution in [0.3, 0.4) is 0 Å². The molecule has 0 aliphatic heterocycles.